The third-order valence-corrected chi connectivity index (χ3v) is 4.27. The second kappa shape index (κ2) is 8.25. The van der Waals surface area contributed by atoms with Gasteiger partial charge in [-0.2, -0.15) is 0 Å². The zero-order valence-corrected chi connectivity index (χ0v) is 14.9. The van der Waals surface area contributed by atoms with Gasteiger partial charge in [-0.1, -0.05) is 59.7 Å². The largest absolute Gasteiger partial charge is 0.447 e. The molecular weight excluding hydrogens is 332 g/mol. The van der Waals surface area contributed by atoms with Crippen molar-refractivity contribution in [2.45, 2.75) is 26.1 Å². The third kappa shape index (κ3) is 4.36. The molecular formula is C21H22O5. The summed E-state index contributed by atoms with van der Waals surface area (Å²) >= 11 is 0. The van der Waals surface area contributed by atoms with Crippen molar-refractivity contribution in [2.75, 3.05) is 19.8 Å². The second-order valence-corrected chi connectivity index (χ2v) is 6.39. The number of esters is 1. The highest BCUT2D eigenvalue weighted by atomic mass is 16.6. The van der Waals surface area contributed by atoms with Crippen LogP contribution in [0.5, 0.6) is 0 Å². The maximum absolute atomic E-state index is 13.0. The molecule has 0 spiro atoms. The van der Waals surface area contributed by atoms with Gasteiger partial charge >= 0.3 is 5.97 Å². The highest BCUT2D eigenvalue weighted by Crippen LogP contribution is 2.24. The summed E-state index contributed by atoms with van der Waals surface area (Å²) in [6.07, 6.45) is -1.82. The number of benzene rings is 2. The summed E-state index contributed by atoms with van der Waals surface area (Å²) in [5.41, 5.74) is 3.24. The molecule has 2 aromatic carbocycles. The summed E-state index contributed by atoms with van der Waals surface area (Å²) < 4.78 is 16.2. The van der Waals surface area contributed by atoms with Crippen molar-refractivity contribution in [3.05, 3.63) is 70.8 Å². The summed E-state index contributed by atoms with van der Waals surface area (Å²) in [4.78, 5) is 25.5. The van der Waals surface area contributed by atoms with E-state index in [1.165, 1.54) is 0 Å². The van der Waals surface area contributed by atoms with Crippen molar-refractivity contribution >= 4 is 11.8 Å². The third-order valence-electron chi connectivity index (χ3n) is 4.27. The van der Waals surface area contributed by atoms with Gasteiger partial charge < -0.3 is 14.2 Å². The summed E-state index contributed by atoms with van der Waals surface area (Å²) in [6.45, 7) is 4.83. The van der Waals surface area contributed by atoms with Gasteiger partial charge in [0.15, 0.2) is 12.2 Å². The molecule has 5 heteroatoms. The minimum absolute atomic E-state index is 0.137. The van der Waals surface area contributed by atoms with Crippen LogP contribution in [-0.4, -0.2) is 37.7 Å². The zero-order valence-electron chi connectivity index (χ0n) is 14.9. The molecule has 0 amide bonds. The molecule has 3 rings (SSSR count). The zero-order chi connectivity index (χ0) is 18.5. The molecule has 0 saturated carbocycles. The van der Waals surface area contributed by atoms with Crippen LogP contribution in [0.4, 0.5) is 0 Å². The van der Waals surface area contributed by atoms with Crippen molar-refractivity contribution in [1.29, 1.82) is 0 Å². The van der Waals surface area contributed by atoms with E-state index in [9.17, 15) is 9.59 Å². The van der Waals surface area contributed by atoms with Gasteiger partial charge in [-0.25, -0.2) is 4.79 Å². The van der Waals surface area contributed by atoms with E-state index in [1.807, 2.05) is 38.1 Å². The molecule has 0 radical (unpaired) electrons. The number of ketones is 1. The van der Waals surface area contributed by atoms with E-state index < -0.39 is 18.2 Å². The van der Waals surface area contributed by atoms with Gasteiger partial charge in [-0.05, 0) is 13.8 Å². The molecule has 0 N–H and O–H groups in total. The van der Waals surface area contributed by atoms with Gasteiger partial charge in [0.25, 0.3) is 0 Å². The van der Waals surface area contributed by atoms with Crippen LogP contribution in [0, 0.1) is 13.8 Å². The molecule has 26 heavy (non-hydrogen) atoms. The van der Waals surface area contributed by atoms with Crippen LogP contribution in [-0.2, 0) is 19.0 Å². The molecule has 1 saturated heterocycles. The molecule has 136 valence electrons. The van der Waals surface area contributed by atoms with Crippen LogP contribution in [0.25, 0.3) is 0 Å². The number of hydrogen-bond donors (Lipinski definition) is 0. The first-order valence-electron chi connectivity index (χ1n) is 8.62. The molecule has 2 aromatic rings. The molecule has 0 bridgehead atoms. The number of aryl methyl sites for hydroxylation is 2. The van der Waals surface area contributed by atoms with Gasteiger partial charge in [0.2, 0.25) is 5.78 Å². The van der Waals surface area contributed by atoms with E-state index in [1.54, 1.807) is 24.3 Å². The number of carbonyl (C=O) groups excluding carboxylic acids is 2. The lowest BCUT2D eigenvalue weighted by molar-refractivity contribution is -0.174. The Hall–Kier alpha value is -2.50. The van der Waals surface area contributed by atoms with E-state index in [4.69, 9.17) is 14.2 Å². The average molecular weight is 354 g/mol. The molecule has 1 fully saturated rings. The van der Waals surface area contributed by atoms with Crippen LogP contribution in [0.1, 0.15) is 33.2 Å². The minimum atomic E-state index is -1.02. The number of carbonyl (C=O) groups is 2. The van der Waals surface area contributed by atoms with Crippen molar-refractivity contribution in [2.24, 2.45) is 0 Å². The first-order chi connectivity index (χ1) is 12.5. The SMILES string of the molecule is Cc1ccc(C(=O)[C@H](OC(=O)[C@H]2COCCO2)c2ccc(C)cc2)cc1. The smallest absolute Gasteiger partial charge is 0.338 e. The maximum Gasteiger partial charge on any atom is 0.338 e. The van der Waals surface area contributed by atoms with E-state index in [-0.39, 0.29) is 12.4 Å². The number of ether oxygens (including phenoxy) is 3. The highest BCUT2D eigenvalue weighted by molar-refractivity contribution is 6.01. The highest BCUT2D eigenvalue weighted by Gasteiger charge is 2.31. The van der Waals surface area contributed by atoms with Gasteiger partial charge in [0, 0.05) is 11.1 Å². The Labute approximate surface area is 152 Å². The van der Waals surface area contributed by atoms with Crippen molar-refractivity contribution in [3.63, 3.8) is 0 Å². The molecule has 2 atom stereocenters. The Morgan fingerprint density at radius 1 is 0.962 bits per heavy atom. The minimum Gasteiger partial charge on any atom is -0.447 e. The summed E-state index contributed by atoms with van der Waals surface area (Å²) in [6, 6.07) is 14.6. The van der Waals surface area contributed by atoms with Gasteiger partial charge in [0.05, 0.1) is 19.8 Å². The number of rotatable bonds is 5. The molecule has 0 aliphatic carbocycles. The summed E-state index contributed by atoms with van der Waals surface area (Å²) in [5.74, 6) is -0.852. The van der Waals surface area contributed by atoms with Crippen LogP contribution < -0.4 is 0 Å². The maximum atomic E-state index is 13.0. The summed E-state index contributed by atoms with van der Waals surface area (Å²) in [7, 11) is 0. The number of Topliss-reactive ketones (excluding diaryl/α,β-unsaturated/α-hetero) is 1. The quantitative estimate of drug-likeness (QED) is 0.610. The lowest BCUT2D eigenvalue weighted by atomic mass is 9.98. The lowest BCUT2D eigenvalue weighted by Gasteiger charge is -2.24. The van der Waals surface area contributed by atoms with Crippen LogP contribution >= 0.6 is 0 Å². The predicted octanol–water partition coefficient (Wildman–Crippen LogP) is 3.19. The second-order valence-electron chi connectivity index (χ2n) is 6.39. The van der Waals surface area contributed by atoms with Gasteiger partial charge in [0.1, 0.15) is 0 Å². The summed E-state index contributed by atoms with van der Waals surface area (Å²) in [5, 5.41) is 0. The molecule has 0 unspecified atom stereocenters. The molecule has 1 aliphatic rings. The Bertz CT molecular complexity index is 758. The molecule has 5 nitrogen and oxygen atoms in total. The fourth-order valence-corrected chi connectivity index (χ4v) is 2.70. The van der Waals surface area contributed by atoms with E-state index >= 15 is 0 Å². The Kier molecular flexibility index (Phi) is 5.81. The lowest BCUT2D eigenvalue weighted by Crippen LogP contribution is -2.38. The topological polar surface area (TPSA) is 61.8 Å². The van der Waals surface area contributed by atoms with Crippen molar-refractivity contribution < 1.29 is 23.8 Å². The van der Waals surface area contributed by atoms with Crippen LogP contribution in [0.3, 0.4) is 0 Å². The average Bonchev–Trinajstić information content (AvgIpc) is 2.67. The standard InChI is InChI=1S/C21H22O5/c1-14-3-7-16(8-4-14)19(22)20(17-9-5-15(2)6-10-17)26-21(23)18-13-24-11-12-25-18/h3-10,18,20H,11-13H2,1-2H3/t18-,20-/m1/s1. The van der Waals surface area contributed by atoms with Gasteiger partial charge in [-0.3, -0.25) is 4.79 Å². The van der Waals surface area contributed by atoms with E-state index in [2.05, 4.69) is 0 Å². The Morgan fingerprint density at radius 2 is 1.58 bits per heavy atom. The predicted molar refractivity (Wildman–Crippen MR) is 96.1 cm³/mol. The van der Waals surface area contributed by atoms with Crippen molar-refractivity contribution in [1.82, 2.24) is 0 Å². The fourth-order valence-electron chi connectivity index (χ4n) is 2.70. The molecule has 1 heterocycles. The fraction of sp³-hybridized carbons (Fsp3) is 0.333. The molecule has 1 aliphatic heterocycles. The Balaban J connectivity index is 1.85. The monoisotopic (exact) mass is 354 g/mol. The van der Waals surface area contributed by atoms with E-state index in [0.29, 0.717) is 24.3 Å². The number of hydrogen-bond acceptors (Lipinski definition) is 5. The first-order valence-corrected chi connectivity index (χ1v) is 8.62. The first kappa shape index (κ1) is 18.3. The van der Waals surface area contributed by atoms with Crippen LogP contribution in [0.2, 0.25) is 0 Å². The van der Waals surface area contributed by atoms with E-state index in [0.717, 1.165) is 11.1 Å². The molecule has 0 aromatic heterocycles. The normalized spacial score (nSPS) is 18.2. The Morgan fingerprint density at radius 3 is 2.15 bits per heavy atom. The van der Waals surface area contributed by atoms with Crippen LogP contribution in [0.15, 0.2) is 48.5 Å². The van der Waals surface area contributed by atoms with Crippen molar-refractivity contribution in [3.8, 4) is 0 Å². The van der Waals surface area contributed by atoms with Gasteiger partial charge in [-0.15, -0.1) is 0 Å².